The van der Waals surface area contributed by atoms with Crippen molar-refractivity contribution in [3.05, 3.63) is 23.3 Å². The molecule has 9 heteroatoms. The monoisotopic (exact) mass is 288 g/mol. The third kappa shape index (κ3) is 4.60. The summed E-state index contributed by atoms with van der Waals surface area (Å²) in [6.45, 7) is 0. The average molecular weight is 288 g/mol. The first kappa shape index (κ1) is 17.5. The molecule has 0 aromatic heterocycles. The van der Waals surface area contributed by atoms with Gasteiger partial charge in [0.25, 0.3) is 0 Å². The van der Waals surface area contributed by atoms with Gasteiger partial charge in [-0.15, -0.1) is 13.2 Å². The highest BCUT2D eigenvalue weighted by Gasteiger charge is 2.33. The average Bonchev–Trinajstić information content (AvgIpc) is 2.25. The summed E-state index contributed by atoms with van der Waals surface area (Å²) in [6, 6.07) is 1.51. The number of hydrogen-bond donors (Lipinski definition) is 1. The molecule has 0 saturated carbocycles. The lowest BCUT2D eigenvalue weighted by atomic mass is 10.1. The SMILES string of the molecule is COc1c(C=O)cc(C(=O)O)cc1OC(F)(F)F.[Mg]. The highest BCUT2D eigenvalue weighted by molar-refractivity contribution is 5.92. The Morgan fingerprint density at radius 2 is 1.95 bits per heavy atom. The molecule has 0 bridgehead atoms. The molecule has 0 aliphatic carbocycles. The van der Waals surface area contributed by atoms with Crippen molar-refractivity contribution in [2.24, 2.45) is 0 Å². The van der Waals surface area contributed by atoms with Crippen molar-refractivity contribution in [3.8, 4) is 11.5 Å². The summed E-state index contributed by atoms with van der Waals surface area (Å²) in [5, 5.41) is 8.70. The first-order valence-corrected chi connectivity index (χ1v) is 4.44. The molecule has 0 spiro atoms. The third-order valence-electron chi connectivity index (χ3n) is 1.89. The number of methoxy groups -OCH3 is 1. The van der Waals surface area contributed by atoms with Crippen LogP contribution in [0.1, 0.15) is 20.7 Å². The molecule has 0 heterocycles. The molecule has 1 aromatic rings. The lowest BCUT2D eigenvalue weighted by molar-refractivity contribution is -0.275. The van der Waals surface area contributed by atoms with E-state index in [1.807, 2.05) is 0 Å². The number of carboxylic acids is 1. The molecule has 1 N–H and O–H groups in total. The molecule has 0 aliphatic heterocycles. The number of halogens is 3. The molecule has 0 saturated heterocycles. The van der Waals surface area contributed by atoms with E-state index in [0.717, 1.165) is 13.2 Å². The lowest BCUT2D eigenvalue weighted by Crippen LogP contribution is -2.18. The van der Waals surface area contributed by atoms with E-state index in [0.29, 0.717) is 6.07 Å². The van der Waals surface area contributed by atoms with Crippen molar-refractivity contribution in [2.45, 2.75) is 6.36 Å². The Bertz CT molecular complexity index is 487. The van der Waals surface area contributed by atoms with Crippen molar-refractivity contribution in [1.82, 2.24) is 0 Å². The van der Waals surface area contributed by atoms with Crippen molar-refractivity contribution in [1.29, 1.82) is 0 Å². The minimum absolute atomic E-state index is 0. The van der Waals surface area contributed by atoms with Gasteiger partial charge in [-0.05, 0) is 12.1 Å². The molecular formula is C10H7F3MgO5. The molecule has 0 amide bonds. The topological polar surface area (TPSA) is 72.8 Å². The van der Waals surface area contributed by atoms with Gasteiger partial charge in [0, 0.05) is 23.1 Å². The van der Waals surface area contributed by atoms with Gasteiger partial charge in [0.1, 0.15) is 0 Å². The second-order valence-electron chi connectivity index (χ2n) is 3.07. The second kappa shape index (κ2) is 6.62. The van der Waals surface area contributed by atoms with Crippen LogP contribution in [0.15, 0.2) is 12.1 Å². The van der Waals surface area contributed by atoms with Crippen LogP contribution in [-0.4, -0.2) is 53.9 Å². The fourth-order valence-corrected chi connectivity index (χ4v) is 1.25. The van der Waals surface area contributed by atoms with E-state index in [4.69, 9.17) is 5.11 Å². The zero-order valence-electron chi connectivity index (χ0n) is 9.65. The molecule has 1 rings (SSSR count). The van der Waals surface area contributed by atoms with Gasteiger partial charge in [-0.3, -0.25) is 4.79 Å². The Kier molecular flexibility index (Phi) is 6.10. The van der Waals surface area contributed by atoms with Gasteiger partial charge in [-0.2, -0.15) is 0 Å². The van der Waals surface area contributed by atoms with Gasteiger partial charge < -0.3 is 14.6 Å². The number of alkyl halides is 3. The van der Waals surface area contributed by atoms with E-state index in [9.17, 15) is 22.8 Å². The lowest BCUT2D eigenvalue weighted by Gasteiger charge is -2.14. The Balaban J connectivity index is 0.00000324. The van der Waals surface area contributed by atoms with Gasteiger partial charge in [0.2, 0.25) is 0 Å². The third-order valence-corrected chi connectivity index (χ3v) is 1.89. The predicted molar refractivity (Wildman–Crippen MR) is 57.8 cm³/mol. The molecular weight excluding hydrogens is 281 g/mol. The van der Waals surface area contributed by atoms with Crippen LogP contribution in [0.2, 0.25) is 0 Å². The van der Waals surface area contributed by atoms with Crippen molar-refractivity contribution >= 4 is 35.3 Å². The number of aldehydes is 1. The van der Waals surface area contributed by atoms with Crippen LogP contribution in [0.4, 0.5) is 13.2 Å². The minimum Gasteiger partial charge on any atom is -0.492 e. The second-order valence-corrected chi connectivity index (χ2v) is 3.07. The normalized spacial score (nSPS) is 10.3. The van der Waals surface area contributed by atoms with E-state index in [1.54, 1.807) is 0 Å². The fourth-order valence-electron chi connectivity index (χ4n) is 1.25. The summed E-state index contributed by atoms with van der Waals surface area (Å²) in [6.07, 6.45) is -4.85. The van der Waals surface area contributed by atoms with E-state index in [-0.39, 0.29) is 34.9 Å². The molecule has 5 nitrogen and oxygen atoms in total. The quantitative estimate of drug-likeness (QED) is 0.674. The number of aromatic carboxylic acids is 1. The van der Waals surface area contributed by atoms with Crippen LogP contribution in [0.25, 0.3) is 0 Å². The zero-order valence-corrected chi connectivity index (χ0v) is 11.1. The smallest absolute Gasteiger partial charge is 0.492 e. The molecule has 19 heavy (non-hydrogen) atoms. The zero-order chi connectivity index (χ0) is 13.9. The summed E-state index contributed by atoms with van der Waals surface area (Å²) >= 11 is 0. The van der Waals surface area contributed by atoms with Gasteiger partial charge in [0.05, 0.1) is 18.2 Å². The number of carbonyl (C=O) groups is 2. The molecule has 2 radical (unpaired) electrons. The Labute approximate surface area is 121 Å². The molecule has 0 unspecified atom stereocenters. The first-order chi connectivity index (χ1) is 8.28. The largest absolute Gasteiger partial charge is 0.573 e. The first-order valence-electron chi connectivity index (χ1n) is 4.44. The Morgan fingerprint density at radius 3 is 2.32 bits per heavy atom. The number of ether oxygens (including phenoxy) is 2. The highest BCUT2D eigenvalue weighted by Crippen LogP contribution is 2.35. The standard InChI is InChI=1S/C10H7F3O5.Mg/c1-17-8-6(4-14)2-5(9(15)16)3-7(8)18-10(11,12)13;/h2-4H,1H3,(H,15,16);. The van der Waals surface area contributed by atoms with Crippen LogP contribution in [0, 0.1) is 0 Å². The fraction of sp³-hybridized carbons (Fsp3) is 0.200. The summed E-state index contributed by atoms with van der Waals surface area (Å²) in [5.74, 6) is -2.85. The molecule has 0 aliphatic rings. The maximum atomic E-state index is 12.1. The van der Waals surface area contributed by atoms with Crippen LogP contribution in [0.3, 0.4) is 0 Å². The van der Waals surface area contributed by atoms with Crippen LogP contribution >= 0.6 is 0 Å². The molecule has 0 fully saturated rings. The number of carbonyl (C=O) groups excluding carboxylic acids is 1. The molecule has 1 aromatic carbocycles. The van der Waals surface area contributed by atoms with Gasteiger partial charge in [-0.1, -0.05) is 0 Å². The van der Waals surface area contributed by atoms with Crippen molar-refractivity contribution in [2.75, 3.05) is 7.11 Å². The van der Waals surface area contributed by atoms with Gasteiger partial charge in [0.15, 0.2) is 17.8 Å². The van der Waals surface area contributed by atoms with Crippen molar-refractivity contribution < 1.29 is 37.3 Å². The number of rotatable bonds is 4. The van der Waals surface area contributed by atoms with Gasteiger partial charge in [-0.25, -0.2) is 4.79 Å². The highest BCUT2D eigenvalue weighted by atomic mass is 24.3. The maximum Gasteiger partial charge on any atom is 0.573 e. The van der Waals surface area contributed by atoms with Crippen LogP contribution in [0.5, 0.6) is 11.5 Å². The molecule has 0 atom stereocenters. The van der Waals surface area contributed by atoms with E-state index < -0.39 is 29.4 Å². The summed E-state index contributed by atoms with van der Waals surface area (Å²) in [7, 11) is 1.03. The summed E-state index contributed by atoms with van der Waals surface area (Å²) < 4.78 is 44.5. The van der Waals surface area contributed by atoms with Gasteiger partial charge >= 0.3 is 12.3 Å². The van der Waals surface area contributed by atoms with Crippen LogP contribution in [-0.2, 0) is 0 Å². The number of carboxylic acid groups (broad SMARTS) is 1. The summed E-state index contributed by atoms with van der Waals surface area (Å²) in [4.78, 5) is 21.4. The molecule has 100 valence electrons. The Morgan fingerprint density at radius 1 is 1.37 bits per heavy atom. The van der Waals surface area contributed by atoms with Crippen LogP contribution < -0.4 is 9.47 Å². The number of benzene rings is 1. The summed E-state index contributed by atoms with van der Waals surface area (Å²) in [5.41, 5.74) is -0.867. The minimum atomic E-state index is -5.02. The Hall–Kier alpha value is -1.48. The van der Waals surface area contributed by atoms with E-state index >= 15 is 0 Å². The van der Waals surface area contributed by atoms with Crippen molar-refractivity contribution in [3.63, 3.8) is 0 Å². The predicted octanol–water partition coefficient (Wildman–Crippen LogP) is 1.72. The van der Waals surface area contributed by atoms with E-state index in [2.05, 4.69) is 9.47 Å². The van der Waals surface area contributed by atoms with E-state index in [1.165, 1.54) is 0 Å². The number of hydrogen-bond acceptors (Lipinski definition) is 4. The maximum absolute atomic E-state index is 12.1.